The minimum absolute atomic E-state index is 0.0447. The van der Waals surface area contributed by atoms with Crippen LogP contribution in [0.5, 0.6) is 0 Å². The lowest BCUT2D eigenvalue weighted by Gasteiger charge is -2.32. The minimum Gasteiger partial charge on any atom is -0.458 e. The van der Waals surface area contributed by atoms with Crippen molar-refractivity contribution in [3.63, 3.8) is 0 Å². The summed E-state index contributed by atoms with van der Waals surface area (Å²) in [5.74, 6) is -2.24. The zero-order chi connectivity index (χ0) is 23.2. The van der Waals surface area contributed by atoms with Crippen LogP contribution in [0.4, 0.5) is 8.78 Å². The van der Waals surface area contributed by atoms with Gasteiger partial charge in [-0.2, -0.15) is 0 Å². The van der Waals surface area contributed by atoms with E-state index in [1.165, 1.54) is 17.6 Å². The van der Waals surface area contributed by atoms with Crippen LogP contribution in [-0.2, 0) is 28.3 Å². The van der Waals surface area contributed by atoms with Crippen LogP contribution in [0.3, 0.4) is 0 Å². The molecule has 0 saturated carbocycles. The Kier molecular flexibility index (Phi) is 4.29. The summed E-state index contributed by atoms with van der Waals surface area (Å²) < 4.78 is 37.2. The van der Waals surface area contributed by atoms with Gasteiger partial charge >= 0.3 is 5.97 Å². The third-order valence-electron chi connectivity index (χ3n) is 6.46. The number of halogens is 2. The summed E-state index contributed by atoms with van der Waals surface area (Å²) in [6.07, 6.45) is -0.151. The number of aliphatic hydroxyl groups is 1. The van der Waals surface area contributed by atoms with Gasteiger partial charge in [-0.05, 0) is 29.3 Å². The van der Waals surface area contributed by atoms with Crippen LogP contribution in [0.1, 0.15) is 30.0 Å². The average Bonchev–Trinajstić information content (AvgIpc) is 3.11. The van der Waals surface area contributed by atoms with Gasteiger partial charge in [-0.15, -0.1) is 0 Å². The molecular formula is C23H22F2N2O4Si. The third kappa shape index (κ3) is 2.55. The summed E-state index contributed by atoms with van der Waals surface area (Å²) in [5.41, 5.74) is -2.02. The molecule has 2 aliphatic heterocycles. The van der Waals surface area contributed by atoms with Crippen LogP contribution >= 0.6 is 0 Å². The maximum atomic E-state index is 16.0. The number of carbonyl (C=O) groups is 1. The topological polar surface area (TPSA) is 81.4 Å². The van der Waals surface area contributed by atoms with Gasteiger partial charge in [0.15, 0.2) is 11.4 Å². The highest BCUT2D eigenvalue weighted by atomic mass is 28.3. The first kappa shape index (κ1) is 21.0. The number of benzene rings is 1. The van der Waals surface area contributed by atoms with Gasteiger partial charge in [-0.3, -0.25) is 9.36 Å². The summed E-state index contributed by atoms with van der Waals surface area (Å²) >= 11 is 0. The predicted molar refractivity (Wildman–Crippen MR) is 117 cm³/mol. The standard InChI is InChI=1S/C23H22F2N2O4Si/c1-5-23(30)16-12(10-31-22(23)29)21(28)27-9-11-18(19(27)17(16)25)26-14-8-6-7-13(24)15(14)20(11)32(2,3)4/h6-8,30H,5,9-10H2,1-4H3/t23-/m1/s1. The molecule has 2 aliphatic rings. The van der Waals surface area contributed by atoms with E-state index in [0.717, 1.165) is 5.19 Å². The Bertz CT molecular complexity index is 1410. The third-order valence-corrected chi connectivity index (χ3v) is 8.52. The van der Waals surface area contributed by atoms with E-state index in [1.807, 2.05) is 0 Å². The Labute approximate surface area is 183 Å². The summed E-state index contributed by atoms with van der Waals surface area (Å²) in [5, 5.41) is 12.1. The van der Waals surface area contributed by atoms with Crippen molar-refractivity contribution in [1.82, 2.24) is 9.55 Å². The van der Waals surface area contributed by atoms with Crippen LogP contribution in [0.25, 0.3) is 22.3 Å². The molecule has 5 rings (SSSR count). The number of carbonyl (C=O) groups excluding carboxylic acids is 1. The number of cyclic esters (lactones) is 1. The molecule has 0 spiro atoms. The Hall–Kier alpha value is -2.91. The van der Waals surface area contributed by atoms with Crippen LogP contribution in [0.2, 0.25) is 19.6 Å². The van der Waals surface area contributed by atoms with E-state index in [-0.39, 0.29) is 35.5 Å². The molecule has 3 aromatic rings. The maximum Gasteiger partial charge on any atom is 0.343 e. The maximum absolute atomic E-state index is 16.0. The fourth-order valence-electron chi connectivity index (χ4n) is 5.01. The van der Waals surface area contributed by atoms with Gasteiger partial charge in [0.25, 0.3) is 5.56 Å². The molecule has 9 heteroatoms. The average molecular weight is 457 g/mol. The van der Waals surface area contributed by atoms with Crippen molar-refractivity contribution in [3.8, 4) is 11.4 Å². The molecule has 1 aromatic carbocycles. The van der Waals surface area contributed by atoms with Gasteiger partial charge < -0.3 is 9.84 Å². The van der Waals surface area contributed by atoms with Crippen LogP contribution in [0.15, 0.2) is 23.0 Å². The van der Waals surface area contributed by atoms with Crippen molar-refractivity contribution in [1.29, 1.82) is 0 Å². The van der Waals surface area contributed by atoms with E-state index < -0.39 is 43.4 Å². The molecule has 1 N–H and O–H groups in total. The molecule has 0 amide bonds. The quantitative estimate of drug-likeness (QED) is 0.371. The van der Waals surface area contributed by atoms with Gasteiger partial charge in [-0.1, -0.05) is 32.6 Å². The molecule has 0 fully saturated rings. The van der Waals surface area contributed by atoms with Crippen molar-refractivity contribution in [2.75, 3.05) is 0 Å². The fourth-order valence-corrected chi connectivity index (χ4v) is 7.12. The first-order valence-electron chi connectivity index (χ1n) is 10.5. The van der Waals surface area contributed by atoms with Gasteiger partial charge in [0.2, 0.25) is 0 Å². The van der Waals surface area contributed by atoms with Crippen LogP contribution in [-0.4, -0.2) is 28.7 Å². The second-order valence-electron chi connectivity index (χ2n) is 9.40. The lowest BCUT2D eigenvalue weighted by molar-refractivity contribution is -0.172. The zero-order valence-electron chi connectivity index (χ0n) is 18.2. The van der Waals surface area contributed by atoms with Crippen molar-refractivity contribution in [3.05, 3.63) is 56.9 Å². The highest BCUT2D eigenvalue weighted by molar-refractivity contribution is 6.90. The van der Waals surface area contributed by atoms with Gasteiger partial charge in [-0.25, -0.2) is 18.6 Å². The van der Waals surface area contributed by atoms with Crippen LogP contribution in [0, 0.1) is 11.6 Å². The molecule has 4 heterocycles. The fraction of sp³-hybridized carbons (Fsp3) is 0.348. The first-order valence-corrected chi connectivity index (χ1v) is 14.0. The second-order valence-corrected chi connectivity index (χ2v) is 14.4. The number of aromatic nitrogens is 2. The Morgan fingerprint density at radius 1 is 1.22 bits per heavy atom. The van der Waals surface area contributed by atoms with E-state index in [9.17, 15) is 19.1 Å². The molecular weight excluding hydrogens is 434 g/mol. The Morgan fingerprint density at radius 2 is 1.94 bits per heavy atom. The van der Waals surface area contributed by atoms with Crippen molar-refractivity contribution < 1.29 is 23.4 Å². The first-order chi connectivity index (χ1) is 15.0. The van der Waals surface area contributed by atoms with Crippen molar-refractivity contribution in [2.45, 2.75) is 51.7 Å². The molecule has 6 nitrogen and oxygen atoms in total. The molecule has 0 unspecified atom stereocenters. The summed E-state index contributed by atoms with van der Waals surface area (Å²) in [6, 6.07) is 4.58. The molecule has 0 saturated heterocycles. The highest BCUT2D eigenvalue weighted by Crippen LogP contribution is 2.41. The molecule has 0 radical (unpaired) electrons. The lowest BCUT2D eigenvalue weighted by Crippen LogP contribution is -2.45. The van der Waals surface area contributed by atoms with Gasteiger partial charge in [0, 0.05) is 10.9 Å². The second kappa shape index (κ2) is 6.55. The molecule has 1 atom stereocenters. The number of ether oxygens (including phenoxy) is 1. The lowest BCUT2D eigenvalue weighted by atomic mass is 9.85. The Balaban J connectivity index is 1.94. The number of pyridine rings is 2. The zero-order valence-corrected chi connectivity index (χ0v) is 19.2. The van der Waals surface area contributed by atoms with E-state index >= 15 is 4.39 Å². The number of hydrogen-bond donors (Lipinski definition) is 1. The molecule has 0 bridgehead atoms. The summed E-state index contributed by atoms with van der Waals surface area (Å²) in [7, 11) is -2.18. The Morgan fingerprint density at radius 3 is 2.59 bits per heavy atom. The number of nitrogens with zero attached hydrogens (tertiary/aromatic N) is 2. The van der Waals surface area contributed by atoms with Crippen LogP contribution < -0.4 is 10.7 Å². The smallest absolute Gasteiger partial charge is 0.343 e. The van der Waals surface area contributed by atoms with Gasteiger partial charge in [0.1, 0.15) is 18.1 Å². The number of esters is 1. The van der Waals surface area contributed by atoms with E-state index in [4.69, 9.17) is 4.74 Å². The number of fused-ring (bicyclic) bond motifs is 5. The normalized spacial score (nSPS) is 19.5. The largest absolute Gasteiger partial charge is 0.458 e. The van der Waals surface area contributed by atoms with E-state index in [1.54, 1.807) is 12.1 Å². The minimum atomic E-state index is -2.25. The molecule has 32 heavy (non-hydrogen) atoms. The summed E-state index contributed by atoms with van der Waals surface area (Å²) in [4.78, 5) is 30.2. The SMILES string of the molecule is CC[C@]1(O)C(=O)OCc2c1c(F)c1n(c2=O)Cc2c-1nc1cccc(F)c1c2[Si](C)(C)C. The highest BCUT2D eigenvalue weighted by Gasteiger charge is 2.49. The summed E-state index contributed by atoms with van der Waals surface area (Å²) in [6.45, 7) is 7.33. The number of rotatable bonds is 2. The van der Waals surface area contributed by atoms with Gasteiger partial charge in [0.05, 0.1) is 31.4 Å². The molecule has 166 valence electrons. The molecule has 0 aliphatic carbocycles. The van der Waals surface area contributed by atoms with E-state index in [2.05, 4.69) is 24.6 Å². The monoisotopic (exact) mass is 456 g/mol. The predicted octanol–water partition coefficient (Wildman–Crippen LogP) is 2.90. The van der Waals surface area contributed by atoms with Crippen molar-refractivity contribution >= 4 is 30.1 Å². The molecule has 2 aromatic heterocycles. The van der Waals surface area contributed by atoms with E-state index in [0.29, 0.717) is 16.5 Å². The van der Waals surface area contributed by atoms with Crippen molar-refractivity contribution in [2.24, 2.45) is 0 Å². The number of hydrogen-bond acceptors (Lipinski definition) is 5.